The predicted octanol–water partition coefficient (Wildman–Crippen LogP) is -0.400. The third kappa shape index (κ3) is 4.07. The van der Waals surface area contributed by atoms with E-state index in [-0.39, 0.29) is 12.6 Å². The van der Waals surface area contributed by atoms with Crippen molar-refractivity contribution < 1.29 is 9.90 Å². The quantitative estimate of drug-likeness (QED) is 0.721. The van der Waals surface area contributed by atoms with Gasteiger partial charge in [0.2, 0.25) is 0 Å². The Bertz CT molecular complexity index is 318. The van der Waals surface area contributed by atoms with E-state index >= 15 is 0 Å². The molecule has 116 valence electrons. The van der Waals surface area contributed by atoms with E-state index in [9.17, 15) is 4.79 Å². The summed E-state index contributed by atoms with van der Waals surface area (Å²) >= 11 is 0. The van der Waals surface area contributed by atoms with Crippen LogP contribution in [0.2, 0.25) is 0 Å². The topological polar surface area (TPSA) is 50.3 Å². The molecule has 2 aliphatic heterocycles. The molecule has 1 atom stereocenters. The summed E-state index contributed by atoms with van der Waals surface area (Å²) in [5.41, 5.74) is 0. The number of aliphatic hydroxyl groups excluding tert-OH is 1. The molecule has 0 spiro atoms. The molecule has 0 bridgehead atoms. The van der Waals surface area contributed by atoms with Crippen LogP contribution in [-0.2, 0) is 0 Å². The van der Waals surface area contributed by atoms with Gasteiger partial charge in [-0.3, -0.25) is 4.90 Å². The minimum absolute atomic E-state index is 0.167. The van der Waals surface area contributed by atoms with Crippen molar-refractivity contribution in [2.24, 2.45) is 5.92 Å². The molecule has 1 unspecified atom stereocenters. The molecule has 2 amide bonds. The van der Waals surface area contributed by atoms with Crippen LogP contribution < -0.4 is 0 Å². The van der Waals surface area contributed by atoms with Crippen molar-refractivity contribution in [3.63, 3.8) is 0 Å². The normalized spacial score (nSPS) is 23.6. The number of piperazine rings is 1. The summed E-state index contributed by atoms with van der Waals surface area (Å²) < 4.78 is 0. The van der Waals surface area contributed by atoms with E-state index < -0.39 is 0 Å². The number of likely N-dealkylation sites (N-methyl/N-ethyl adjacent to an activating group) is 1. The van der Waals surface area contributed by atoms with Gasteiger partial charge >= 0.3 is 6.03 Å². The van der Waals surface area contributed by atoms with Crippen LogP contribution in [0.3, 0.4) is 0 Å². The highest BCUT2D eigenvalue weighted by molar-refractivity contribution is 5.76. The Labute approximate surface area is 121 Å². The Morgan fingerprint density at radius 2 is 1.70 bits per heavy atom. The summed E-state index contributed by atoms with van der Waals surface area (Å²) in [7, 11) is 1.86. The summed E-state index contributed by atoms with van der Waals surface area (Å²) in [6, 6.07) is 0.167. The minimum Gasteiger partial charge on any atom is -0.396 e. The second kappa shape index (κ2) is 7.24. The van der Waals surface area contributed by atoms with E-state index in [1.165, 1.54) is 0 Å². The number of carbonyl (C=O) groups is 1. The molecular weight excluding hydrogens is 256 g/mol. The molecule has 0 aliphatic carbocycles. The number of rotatable bonds is 6. The first kappa shape index (κ1) is 15.5. The molecule has 1 N–H and O–H groups in total. The van der Waals surface area contributed by atoms with Gasteiger partial charge in [-0.1, -0.05) is 6.92 Å². The van der Waals surface area contributed by atoms with Crippen LogP contribution in [0.25, 0.3) is 0 Å². The van der Waals surface area contributed by atoms with Gasteiger partial charge in [0, 0.05) is 72.6 Å². The van der Waals surface area contributed by atoms with Crippen molar-refractivity contribution >= 4 is 6.03 Å². The number of amides is 2. The molecule has 2 heterocycles. The van der Waals surface area contributed by atoms with Gasteiger partial charge in [0.05, 0.1) is 0 Å². The Morgan fingerprint density at radius 3 is 2.25 bits per heavy atom. The van der Waals surface area contributed by atoms with Gasteiger partial charge in [0.1, 0.15) is 0 Å². The maximum absolute atomic E-state index is 11.8. The van der Waals surface area contributed by atoms with Crippen molar-refractivity contribution in [1.82, 2.24) is 19.6 Å². The van der Waals surface area contributed by atoms with Gasteiger partial charge in [-0.15, -0.1) is 0 Å². The third-order valence-electron chi connectivity index (χ3n) is 4.33. The van der Waals surface area contributed by atoms with E-state index in [0.717, 1.165) is 58.9 Å². The van der Waals surface area contributed by atoms with Crippen molar-refractivity contribution in [2.45, 2.75) is 6.92 Å². The summed E-state index contributed by atoms with van der Waals surface area (Å²) in [4.78, 5) is 20.4. The number of urea groups is 1. The second-order valence-electron chi connectivity index (χ2n) is 6.12. The maximum Gasteiger partial charge on any atom is 0.319 e. The first-order valence-electron chi connectivity index (χ1n) is 7.65. The lowest BCUT2D eigenvalue weighted by atomic mass is 10.1. The highest BCUT2D eigenvalue weighted by Crippen LogP contribution is 2.08. The van der Waals surface area contributed by atoms with E-state index in [1.54, 1.807) is 4.90 Å². The lowest BCUT2D eigenvalue weighted by Gasteiger charge is -2.36. The molecule has 2 rings (SSSR count). The fraction of sp³-hybridized carbons (Fsp3) is 0.929. The number of carbonyl (C=O) groups excluding carboxylic acids is 1. The van der Waals surface area contributed by atoms with Crippen LogP contribution in [-0.4, -0.2) is 103 Å². The predicted molar refractivity (Wildman–Crippen MR) is 78.7 cm³/mol. The van der Waals surface area contributed by atoms with E-state index in [1.807, 2.05) is 11.9 Å². The average Bonchev–Trinajstić information content (AvgIpc) is 2.78. The van der Waals surface area contributed by atoms with Crippen LogP contribution >= 0.6 is 0 Å². The Kier molecular flexibility index (Phi) is 5.63. The van der Waals surface area contributed by atoms with E-state index in [2.05, 4.69) is 16.7 Å². The molecule has 0 aromatic heterocycles. The summed E-state index contributed by atoms with van der Waals surface area (Å²) in [5, 5.41) is 9.09. The lowest BCUT2D eigenvalue weighted by molar-refractivity contribution is 0.100. The monoisotopic (exact) mass is 284 g/mol. The Morgan fingerprint density at radius 1 is 1.05 bits per heavy atom. The summed E-state index contributed by atoms with van der Waals surface area (Å²) in [6.07, 6.45) is 0. The van der Waals surface area contributed by atoms with Gasteiger partial charge in [-0.25, -0.2) is 4.79 Å². The first-order chi connectivity index (χ1) is 9.60. The van der Waals surface area contributed by atoms with E-state index in [4.69, 9.17) is 5.11 Å². The molecule has 6 heteroatoms. The van der Waals surface area contributed by atoms with Gasteiger partial charge in [-0.2, -0.15) is 0 Å². The zero-order valence-electron chi connectivity index (χ0n) is 12.8. The third-order valence-corrected chi connectivity index (χ3v) is 4.33. The molecule has 2 fully saturated rings. The van der Waals surface area contributed by atoms with Crippen molar-refractivity contribution in [3.05, 3.63) is 0 Å². The fourth-order valence-electron chi connectivity index (χ4n) is 2.87. The first-order valence-corrected chi connectivity index (χ1v) is 7.65. The number of hydrogen-bond acceptors (Lipinski definition) is 4. The second-order valence-corrected chi connectivity index (χ2v) is 6.12. The maximum atomic E-state index is 11.8. The zero-order valence-corrected chi connectivity index (χ0v) is 12.8. The van der Waals surface area contributed by atoms with Crippen molar-refractivity contribution in [1.29, 1.82) is 0 Å². The molecule has 0 aromatic rings. The number of aliphatic hydroxyl groups is 1. The summed E-state index contributed by atoms with van der Waals surface area (Å²) in [5.74, 6) is 0.360. The van der Waals surface area contributed by atoms with Gasteiger partial charge < -0.3 is 19.8 Å². The fourth-order valence-corrected chi connectivity index (χ4v) is 2.87. The largest absolute Gasteiger partial charge is 0.396 e. The SMILES string of the molecule is CC(CO)CN1CCN(CCN2CCN(C)C2=O)CC1. The smallest absolute Gasteiger partial charge is 0.319 e. The highest BCUT2D eigenvalue weighted by atomic mass is 16.3. The van der Waals surface area contributed by atoms with Crippen LogP contribution in [0.5, 0.6) is 0 Å². The number of hydrogen-bond donors (Lipinski definition) is 1. The van der Waals surface area contributed by atoms with Gasteiger partial charge in [-0.05, 0) is 5.92 Å². The van der Waals surface area contributed by atoms with Gasteiger partial charge in [0.15, 0.2) is 0 Å². The van der Waals surface area contributed by atoms with Crippen LogP contribution in [0, 0.1) is 5.92 Å². The molecule has 2 saturated heterocycles. The van der Waals surface area contributed by atoms with Crippen LogP contribution in [0.15, 0.2) is 0 Å². The van der Waals surface area contributed by atoms with Crippen LogP contribution in [0.1, 0.15) is 6.92 Å². The molecule has 0 radical (unpaired) electrons. The lowest BCUT2D eigenvalue weighted by Crippen LogP contribution is -2.49. The zero-order chi connectivity index (χ0) is 14.5. The molecule has 2 aliphatic rings. The molecular formula is C14H28N4O2. The standard InChI is InChI=1S/C14H28N4O2/c1-13(12-19)11-17-6-4-16(5-7-17)8-10-18-9-3-15(2)14(18)20/h13,19H,3-12H2,1-2H3. The molecule has 0 saturated carbocycles. The van der Waals surface area contributed by atoms with Crippen molar-refractivity contribution in [2.75, 3.05) is 72.6 Å². The number of nitrogens with zero attached hydrogens (tertiary/aromatic N) is 4. The molecule has 6 nitrogen and oxygen atoms in total. The minimum atomic E-state index is 0.167. The molecule has 20 heavy (non-hydrogen) atoms. The highest BCUT2D eigenvalue weighted by Gasteiger charge is 2.26. The van der Waals surface area contributed by atoms with Gasteiger partial charge in [0.25, 0.3) is 0 Å². The Balaban J connectivity index is 1.64. The average molecular weight is 284 g/mol. The van der Waals surface area contributed by atoms with E-state index in [0.29, 0.717) is 5.92 Å². The Hall–Kier alpha value is -0.850. The molecule has 0 aromatic carbocycles. The van der Waals surface area contributed by atoms with Crippen molar-refractivity contribution in [3.8, 4) is 0 Å². The summed E-state index contributed by atoms with van der Waals surface area (Å²) in [6.45, 7) is 11.1. The van der Waals surface area contributed by atoms with Crippen LogP contribution in [0.4, 0.5) is 4.79 Å².